The Hall–Kier alpha value is -1.90. The van der Waals surface area contributed by atoms with Gasteiger partial charge in [0.05, 0.1) is 5.02 Å². The van der Waals surface area contributed by atoms with Crippen LogP contribution < -0.4 is 4.74 Å². The van der Waals surface area contributed by atoms with Crippen LogP contribution in [0.15, 0.2) is 54.6 Å². The maximum absolute atomic E-state index is 9.85. The van der Waals surface area contributed by atoms with Gasteiger partial charge in [0, 0.05) is 15.8 Å². The molecule has 0 bridgehead atoms. The molecule has 0 saturated heterocycles. The van der Waals surface area contributed by atoms with Gasteiger partial charge in [0.15, 0.2) is 0 Å². The van der Waals surface area contributed by atoms with Gasteiger partial charge in [-0.25, -0.2) is 0 Å². The number of hydrogen-bond donors (Lipinski definition) is 1. The molecule has 2 nitrogen and oxygen atoms in total. The number of fused-ring (bicyclic) bond motifs is 1. The molecular formula is C16H10Cl2O2. The number of halogens is 2. The molecule has 0 aliphatic heterocycles. The lowest BCUT2D eigenvalue weighted by molar-refractivity contribution is 0.478. The molecule has 0 aromatic heterocycles. The molecule has 100 valence electrons. The monoisotopic (exact) mass is 304 g/mol. The van der Waals surface area contributed by atoms with Gasteiger partial charge in [-0.3, -0.25) is 0 Å². The van der Waals surface area contributed by atoms with Crippen LogP contribution in [0.25, 0.3) is 10.8 Å². The Balaban J connectivity index is 2.09. The van der Waals surface area contributed by atoms with Gasteiger partial charge >= 0.3 is 0 Å². The summed E-state index contributed by atoms with van der Waals surface area (Å²) in [4.78, 5) is 0. The first-order valence-corrected chi connectivity index (χ1v) is 6.74. The van der Waals surface area contributed by atoms with Crippen molar-refractivity contribution in [1.82, 2.24) is 0 Å². The molecule has 3 rings (SSSR count). The number of aromatic hydroxyl groups is 1. The van der Waals surface area contributed by atoms with Gasteiger partial charge in [0.1, 0.15) is 17.2 Å². The fourth-order valence-electron chi connectivity index (χ4n) is 2.03. The molecule has 0 aliphatic carbocycles. The summed E-state index contributed by atoms with van der Waals surface area (Å²) in [5, 5.41) is 12.4. The molecule has 4 heteroatoms. The summed E-state index contributed by atoms with van der Waals surface area (Å²) in [6.07, 6.45) is 0. The van der Waals surface area contributed by atoms with Crippen molar-refractivity contribution in [3.05, 3.63) is 64.6 Å². The fourth-order valence-corrected chi connectivity index (χ4v) is 2.48. The van der Waals surface area contributed by atoms with Crippen molar-refractivity contribution in [2.45, 2.75) is 0 Å². The van der Waals surface area contributed by atoms with Crippen molar-refractivity contribution < 1.29 is 9.84 Å². The van der Waals surface area contributed by atoms with E-state index in [-0.39, 0.29) is 5.75 Å². The Morgan fingerprint density at radius 2 is 1.55 bits per heavy atom. The van der Waals surface area contributed by atoms with Crippen molar-refractivity contribution in [2.75, 3.05) is 0 Å². The first-order chi connectivity index (χ1) is 9.65. The highest BCUT2D eigenvalue weighted by atomic mass is 35.5. The van der Waals surface area contributed by atoms with E-state index >= 15 is 0 Å². The number of phenolic OH excluding ortho intramolecular Hbond substituents is 1. The van der Waals surface area contributed by atoms with Crippen LogP contribution >= 0.6 is 23.2 Å². The van der Waals surface area contributed by atoms with Crippen LogP contribution in [0.2, 0.25) is 10.0 Å². The van der Waals surface area contributed by atoms with Gasteiger partial charge < -0.3 is 9.84 Å². The third kappa shape index (κ3) is 2.40. The highest BCUT2D eigenvalue weighted by molar-refractivity contribution is 6.35. The summed E-state index contributed by atoms with van der Waals surface area (Å²) in [5.41, 5.74) is 0. The van der Waals surface area contributed by atoms with E-state index in [1.165, 1.54) is 0 Å². The van der Waals surface area contributed by atoms with Crippen molar-refractivity contribution in [1.29, 1.82) is 0 Å². The molecule has 3 aromatic rings. The van der Waals surface area contributed by atoms with Gasteiger partial charge in [0.2, 0.25) is 0 Å². The van der Waals surface area contributed by atoms with E-state index in [4.69, 9.17) is 27.9 Å². The van der Waals surface area contributed by atoms with Gasteiger partial charge in [-0.2, -0.15) is 0 Å². The summed E-state index contributed by atoms with van der Waals surface area (Å²) >= 11 is 12.0. The molecule has 1 N–H and O–H groups in total. The van der Waals surface area contributed by atoms with Crippen molar-refractivity contribution in [2.24, 2.45) is 0 Å². The van der Waals surface area contributed by atoms with Crippen LogP contribution in [0.1, 0.15) is 0 Å². The van der Waals surface area contributed by atoms with Crippen LogP contribution in [0.3, 0.4) is 0 Å². The van der Waals surface area contributed by atoms with Crippen LogP contribution in [0, 0.1) is 0 Å². The normalized spacial score (nSPS) is 10.7. The lowest BCUT2D eigenvalue weighted by Crippen LogP contribution is -1.87. The second-order valence-corrected chi connectivity index (χ2v) is 5.15. The van der Waals surface area contributed by atoms with E-state index in [0.717, 1.165) is 10.8 Å². The Bertz CT molecular complexity index is 785. The molecule has 0 heterocycles. The first-order valence-electron chi connectivity index (χ1n) is 5.99. The van der Waals surface area contributed by atoms with Gasteiger partial charge in [-0.05, 0) is 30.3 Å². The molecule has 20 heavy (non-hydrogen) atoms. The maximum Gasteiger partial charge on any atom is 0.146 e. The predicted octanol–water partition coefficient (Wildman–Crippen LogP) is 5.64. The lowest BCUT2D eigenvalue weighted by atomic mass is 10.1. The Kier molecular flexibility index (Phi) is 3.43. The summed E-state index contributed by atoms with van der Waals surface area (Å²) < 4.78 is 5.83. The Morgan fingerprint density at radius 3 is 2.35 bits per heavy atom. The minimum absolute atomic E-state index is 0.218. The van der Waals surface area contributed by atoms with Crippen LogP contribution in [0.4, 0.5) is 0 Å². The maximum atomic E-state index is 9.85. The molecular weight excluding hydrogens is 295 g/mol. The molecule has 0 atom stereocenters. The predicted molar refractivity (Wildman–Crippen MR) is 82.1 cm³/mol. The summed E-state index contributed by atoms with van der Waals surface area (Å²) in [6.45, 7) is 0. The summed E-state index contributed by atoms with van der Waals surface area (Å²) in [7, 11) is 0. The molecule has 0 amide bonds. The summed E-state index contributed by atoms with van der Waals surface area (Å²) in [5.74, 6) is 1.37. The zero-order chi connectivity index (χ0) is 14.1. The van der Waals surface area contributed by atoms with E-state index in [1.807, 2.05) is 24.3 Å². The van der Waals surface area contributed by atoms with Crippen LogP contribution in [-0.4, -0.2) is 5.11 Å². The average molecular weight is 305 g/mol. The largest absolute Gasteiger partial charge is 0.507 e. The van der Waals surface area contributed by atoms with E-state index in [9.17, 15) is 5.11 Å². The quantitative estimate of drug-likeness (QED) is 0.663. The van der Waals surface area contributed by atoms with E-state index < -0.39 is 0 Å². The molecule has 0 fully saturated rings. The van der Waals surface area contributed by atoms with Crippen molar-refractivity contribution >= 4 is 34.0 Å². The van der Waals surface area contributed by atoms with Crippen molar-refractivity contribution in [3.8, 4) is 17.2 Å². The standard InChI is InChI=1S/C16H10Cl2O2/c17-10-7-8-16(13(18)9-10)20-15-6-2-3-11-12(15)4-1-5-14(11)19/h1-9,19H. The van der Waals surface area contributed by atoms with Gasteiger partial charge in [-0.1, -0.05) is 47.5 Å². The number of benzene rings is 3. The fraction of sp³-hybridized carbons (Fsp3) is 0. The summed E-state index contributed by atoms with van der Waals surface area (Å²) in [6, 6.07) is 15.8. The lowest BCUT2D eigenvalue weighted by Gasteiger charge is -2.11. The average Bonchev–Trinajstić information content (AvgIpc) is 2.43. The SMILES string of the molecule is Oc1cccc2c(Oc3ccc(Cl)cc3Cl)cccc12. The number of hydrogen-bond acceptors (Lipinski definition) is 2. The van der Waals surface area contributed by atoms with E-state index in [0.29, 0.717) is 21.5 Å². The second-order valence-electron chi connectivity index (χ2n) is 4.31. The first kappa shape index (κ1) is 13.1. The number of ether oxygens (including phenoxy) is 1. The highest BCUT2D eigenvalue weighted by Gasteiger charge is 2.08. The Labute approximate surface area is 126 Å². The van der Waals surface area contributed by atoms with Gasteiger partial charge in [0.25, 0.3) is 0 Å². The molecule has 3 aromatic carbocycles. The minimum Gasteiger partial charge on any atom is -0.507 e. The molecule has 0 aliphatic rings. The van der Waals surface area contributed by atoms with Crippen LogP contribution in [0.5, 0.6) is 17.2 Å². The molecule has 0 saturated carbocycles. The Morgan fingerprint density at radius 1 is 0.800 bits per heavy atom. The number of rotatable bonds is 2. The zero-order valence-corrected chi connectivity index (χ0v) is 11.8. The molecule has 0 spiro atoms. The third-order valence-corrected chi connectivity index (χ3v) is 3.50. The molecule has 0 radical (unpaired) electrons. The topological polar surface area (TPSA) is 29.5 Å². The van der Waals surface area contributed by atoms with E-state index in [2.05, 4.69) is 0 Å². The molecule has 0 unspecified atom stereocenters. The van der Waals surface area contributed by atoms with E-state index in [1.54, 1.807) is 30.3 Å². The minimum atomic E-state index is 0.218. The van der Waals surface area contributed by atoms with Crippen molar-refractivity contribution in [3.63, 3.8) is 0 Å². The smallest absolute Gasteiger partial charge is 0.146 e. The highest BCUT2D eigenvalue weighted by Crippen LogP contribution is 2.36. The second kappa shape index (κ2) is 5.23. The van der Waals surface area contributed by atoms with Gasteiger partial charge in [-0.15, -0.1) is 0 Å². The zero-order valence-electron chi connectivity index (χ0n) is 10.3. The number of phenols is 1. The van der Waals surface area contributed by atoms with Crippen LogP contribution in [-0.2, 0) is 0 Å². The third-order valence-electron chi connectivity index (χ3n) is 2.97.